The van der Waals surface area contributed by atoms with Crippen molar-refractivity contribution in [2.45, 2.75) is 38.3 Å². The molecule has 82 valence electrons. The molecule has 1 nitrogen and oxygen atoms in total. The summed E-state index contributed by atoms with van der Waals surface area (Å²) >= 11 is 3.61. The standard InChI is InChI=1S/C13H18BrN/c1-15(12-7-3-4-8-12)10-11-6-2-5-9-13(11)14/h2,5-6,9,12H,3-4,7-8,10H2,1H3. The summed E-state index contributed by atoms with van der Waals surface area (Å²) in [6, 6.07) is 9.32. The van der Waals surface area contributed by atoms with E-state index in [1.807, 2.05) is 0 Å². The van der Waals surface area contributed by atoms with Crippen LogP contribution in [0.25, 0.3) is 0 Å². The predicted octanol–water partition coefficient (Wildman–Crippen LogP) is 3.82. The highest BCUT2D eigenvalue weighted by atomic mass is 79.9. The Kier molecular flexibility index (Phi) is 3.81. The van der Waals surface area contributed by atoms with Gasteiger partial charge in [0.15, 0.2) is 0 Å². The molecule has 0 heterocycles. The van der Waals surface area contributed by atoms with Crippen LogP contribution in [-0.2, 0) is 6.54 Å². The number of nitrogens with zero attached hydrogens (tertiary/aromatic N) is 1. The van der Waals surface area contributed by atoms with Gasteiger partial charge in [-0.1, -0.05) is 47.0 Å². The molecule has 0 spiro atoms. The topological polar surface area (TPSA) is 3.24 Å². The van der Waals surface area contributed by atoms with Crippen LogP contribution in [0.15, 0.2) is 28.7 Å². The van der Waals surface area contributed by atoms with Crippen LogP contribution in [0, 0.1) is 0 Å². The highest BCUT2D eigenvalue weighted by Gasteiger charge is 2.19. The van der Waals surface area contributed by atoms with Gasteiger partial charge in [0.25, 0.3) is 0 Å². The molecule has 15 heavy (non-hydrogen) atoms. The largest absolute Gasteiger partial charge is 0.299 e. The van der Waals surface area contributed by atoms with Crippen molar-refractivity contribution in [1.29, 1.82) is 0 Å². The molecule has 0 atom stereocenters. The molecule has 0 unspecified atom stereocenters. The molecular formula is C13H18BrN. The Morgan fingerprint density at radius 3 is 2.60 bits per heavy atom. The molecule has 0 amide bonds. The Morgan fingerprint density at radius 1 is 1.27 bits per heavy atom. The lowest BCUT2D eigenvalue weighted by atomic mass is 10.1. The molecule has 1 saturated carbocycles. The predicted molar refractivity (Wildman–Crippen MR) is 67.9 cm³/mol. The number of benzene rings is 1. The Morgan fingerprint density at radius 2 is 1.93 bits per heavy atom. The quantitative estimate of drug-likeness (QED) is 0.805. The van der Waals surface area contributed by atoms with E-state index in [2.05, 4.69) is 52.1 Å². The van der Waals surface area contributed by atoms with E-state index in [0.29, 0.717) is 0 Å². The van der Waals surface area contributed by atoms with Gasteiger partial charge in [-0.25, -0.2) is 0 Å². The van der Waals surface area contributed by atoms with E-state index < -0.39 is 0 Å². The zero-order chi connectivity index (χ0) is 10.7. The number of hydrogen-bond donors (Lipinski definition) is 0. The monoisotopic (exact) mass is 267 g/mol. The van der Waals surface area contributed by atoms with E-state index in [4.69, 9.17) is 0 Å². The maximum absolute atomic E-state index is 3.61. The second kappa shape index (κ2) is 5.13. The van der Waals surface area contributed by atoms with Crippen molar-refractivity contribution in [2.24, 2.45) is 0 Å². The lowest BCUT2D eigenvalue weighted by Gasteiger charge is -2.24. The number of hydrogen-bond acceptors (Lipinski definition) is 1. The Bertz CT molecular complexity index is 318. The van der Waals surface area contributed by atoms with Gasteiger partial charge in [0.1, 0.15) is 0 Å². The zero-order valence-electron chi connectivity index (χ0n) is 9.25. The third kappa shape index (κ3) is 2.82. The van der Waals surface area contributed by atoms with Crippen molar-refractivity contribution in [3.8, 4) is 0 Å². The molecule has 1 aliphatic carbocycles. The Labute approximate surface area is 101 Å². The fourth-order valence-electron chi connectivity index (χ4n) is 2.37. The number of halogens is 1. The van der Waals surface area contributed by atoms with Gasteiger partial charge in [0.05, 0.1) is 0 Å². The van der Waals surface area contributed by atoms with Gasteiger partial charge in [-0.2, -0.15) is 0 Å². The minimum absolute atomic E-state index is 0.803. The first kappa shape index (κ1) is 11.2. The van der Waals surface area contributed by atoms with Gasteiger partial charge in [-0.05, 0) is 31.5 Å². The first-order chi connectivity index (χ1) is 7.27. The third-order valence-electron chi connectivity index (χ3n) is 3.33. The van der Waals surface area contributed by atoms with E-state index in [9.17, 15) is 0 Å². The minimum atomic E-state index is 0.803. The molecule has 1 aromatic carbocycles. The fraction of sp³-hybridized carbons (Fsp3) is 0.538. The first-order valence-electron chi connectivity index (χ1n) is 5.71. The average molecular weight is 268 g/mol. The molecule has 0 aromatic heterocycles. The molecule has 1 fully saturated rings. The summed E-state index contributed by atoms with van der Waals surface area (Å²) in [6.07, 6.45) is 5.57. The van der Waals surface area contributed by atoms with Crippen LogP contribution in [0.2, 0.25) is 0 Å². The van der Waals surface area contributed by atoms with Crippen LogP contribution in [0.3, 0.4) is 0 Å². The molecule has 2 rings (SSSR count). The van der Waals surface area contributed by atoms with Gasteiger partial charge in [-0.3, -0.25) is 4.90 Å². The lowest BCUT2D eigenvalue weighted by Crippen LogP contribution is -2.28. The first-order valence-corrected chi connectivity index (χ1v) is 6.50. The molecule has 1 aliphatic rings. The lowest BCUT2D eigenvalue weighted by molar-refractivity contribution is 0.237. The smallest absolute Gasteiger partial charge is 0.0244 e. The minimum Gasteiger partial charge on any atom is -0.299 e. The highest BCUT2D eigenvalue weighted by Crippen LogP contribution is 2.25. The zero-order valence-corrected chi connectivity index (χ0v) is 10.8. The molecule has 0 saturated heterocycles. The van der Waals surface area contributed by atoms with Crippen molar-refractivity contribution in [1.82, 2.24) is 4.90 Å². The van der Waals surface area contributed by atoms with Crippen LogP contribution >= 0.6 is 15.9 Å². The SMILES string of the molecule is CN(Cc1ccccc1Br)C1CCCC1. The van der Waals surface area contributed by atoms with Crippen LogP contribution < -0.4 is 0 Å². The highest BCUT2D eigenvalue weighted by molar-refractivity contribution is 9.10. The maximum atomic E-state index is 3.61. The molecule has 0 N–H and O–H groups in total. The van der Waals surface area contributed by atoms with Crippen molar-refractivity contribution in [3.05, 3.63) is 34.3 Å². The van der Waals surface area contributed by atoms with Gasteiger partial charge in [-0.15, -0.1) is 0 Å². The van der Waals surface area contributed by atoms with Crippen molar-refractivity contribution in [2.75, 3.05) is 7.05 Å². The van der Waals surface area contributed by atoms with E-state index in [0.717, 1.165) is 12.6 Å². The Hall–Kier alpha value is -0.340. The van der Waals surface area contributed by atoms with Crippen LogP contribution in [0.4, 0.5) is 0 Å². The van der Waals surface area contributed by atoms with Crippen LogP contribution in [0.5, 0.6) is 0 Å². The molecule has 1 aromatic rings. The fourth-order valence-corrected chi connectivity index (χ4v) is 2.78. The third-order valence-corrected chi connectivity index (χ3v) is 4.10. The molecular weight excluding hydrogens is 250 g/mol. The average Bonchev–Trinajstić information content (AvgIpc) is 2.74. The summed E-state index contributed by atoms with van der Waals surface area (Å²) in [5, 5.41) is 0. The van der Waals surface area contributed by atoms with Gasteiger partial charge in [0, 0.05) is 17.1 Å². The molecule has 2 heteroatoms. The summed E-state index contributed by atoms with van der Waals surface area (Å²) in [6.45, 7) is 1.06. The van der Waals surface area contributed by atoms with Gasteiger partial charge in [0.2, 0.25) is 0 Å². The maximum Gasteiger partial charge on any atom is 0.0244 e. The number of rotatable bonds is 3. The molecule has 0 aliphatic heterocycles. The molecule has 0 radical (unpaired) electrons. The van der Waals surface area contributed by atoms with Crippen molar-refractivity contribution < 1.29 is 0 Å². The normalized spacial score (nSPS) is 17.5. The van der Waals surface area contributed by atoms with Crippen LogP contribution in [-0.4, -0.2) is 18.0 Å². The van der Waals surface area contributed by atoms with E-state index in [-0.39, 0.29) is 0 Å². The summed E-state index contributed by atoms with van der Waals surface area (Å²) in [7, 11) is 2.25. The van der Waals surface area contributed by atoms with Crippen molar-refractivity contribution in [3.63, 3.8) is 0 Å². The second-order valence-electron chi connectivity index (χ2n) is 4.44. The van der Waals surface area contributed by atoms with E-state index in [1.54, 1.807) is 0 Å². The summed E-state index contributed by atoms with van der Waals surface area (Å²) < 4.78 is 1.23. The Balaban J connectivity index is 1.99. The van der Waals surface area contributed by atoms with Crippen LogP contribution in [0.1, 0.15) is 31.2 Å². The second-order valence-corrected chi connectivity index (χ2v) is 5.30. The van der Waals surface area contributed by atoms with E-state index in [1.165, 1.54) is 35.7 Å². The van der Waals surface area contributed by atoms with E-state index >= 15 is 0 Å². The summed E-state index contributed by atoms with van der Waals surface area (Å²) in [4.78, 5) is 2.49. The summed E-state index contributed by atoms with van der Waals surface area (Å²) in [5.74, 6) is 0. The van der Waals surface area contributed by atoms with Crippen molar-refractivity contribution >= 4 is 15.9 Å². The van der Waals surface area contributed by atoms with Gasteiger partial charge < -0.3 is 0 Å². The summed E-state index contributed by atoms with van der Waals surface area (Å²) in [5.41, 5.74) is 1.40. The van der Waals surface area contributed by atoms with Gasteiger partial charge >= 0.3 is 0 Å². The molecule has 0 bridgehead atoms.